The van der Waals surface area contributed by atoms with Gasteiger partial charge in [-0.2, -0.15) is 0 Å². The molecule has 0 atom stereocenters. The molecular weight excluding hydrogens is 223 g/mol. The van der Waals surface area contributed by atoms with Crippen LogP contribution in [0, 0.1) is 5.82 Å². The van der Waals surface area contributed by atoms with Crippen molar-refractivity contribution in [2.75, 3.05) is 30.4 Å². The molecule has 0 aliphatic carbocycles. The first-order valence-electron chi connectivity index (χ1n) is 5.58. The van der Waals surface area contributed by atoms with E-state index in [1.807, 2.05) is 11.8 Å². The van der Waals surface area contributed by atoms with Gasteiger partial charge in [0.05, 0.1) is 18.5 Å². The van der Waals surface area contributed by atoms with E-state index >= 15 is 0 Å². The molecule has 0 aromatic heterocycles. The molecule has 0 fully saturated rings. The van der Waals surface area contributed by atoms with Crippen molar-refractivity contribution in [3.8, 4) is 5.75 Å². The largest absolute Gasteiger partial charge is 0.494 e. The highest BCUT2D eigenvalue weighted by atomic mass is 19.1. The predicted octanol–water partition coefficient (Wildman–Crippen LogP) is 2.00. The van der Waals surface area contributed by atoms with Crippen LogP contribution in [-0.2, 0) is 4.79 Å². The first-order chi connectivity index (χ1) is 8.15. The molecule has 0 unspecified atom stereocenters. The lowest BCUT2D eigenvalue weighted by Gasteiger charge is -2.22. The third-order valence-corrected chi connectivity index (χ3v) is 2.88. The Hall–Kier alpha value is -1.78. The first kappa shape index (κ1) is 11.7. The topological polar surface area (TPSA) is 41.6 Å². The summed E-state index contributed by atoms with van der Waals surface area (Å²) in [6.07, 6.45) is 0.409. The van der Waals surface area contributed by atoms with Crippen LogP contribution in [0.25, 0.3) is 0 Å². The molecule has 17 heavy (non-hydrogen) atoms. The van der Waals surface area contributed by atoms with Crippen LogP contribution in [-0.4, -0.2) is 26.1 Å². The smallest absolute Gasteiger partial charge is 0.226 e. The molecule has 1 N–H and O–H groups in total. The maximum absolute atomic E-state index is 13.6. The summed E-state index contributed by atoms with van der Waals surface area (Å²) in [7, 11) is 1.43. The zero-order chi connectivity index (χ0) is 12.4. The van der Waals surface area contributed by atoms with Crippen molar-refractivity contribution in [1.82, 2.24) is 0 Å². The van der Waals surface area contributed by atoms with Crippen molar-refractivity contribution in [2.24, 2.45) is 0 Å². The summed E-state index contributed by atoms with van der Waals surface area (Å²) in [5, 5.41) is 2.70. The van der Waals surface area contributed by atoms with Gasteiger partial charge in [0, 0.05) is 31.6 Å². The first-order valence-corrected chi connectivity index (χ1v) is 5.58. The van der Waals surface area contributed by atoms with Crippen LogP contribution in [0.5, 0.6) is 5.75 Å². The van der Waals surface area contributed by atoms with E-state index in [9.17, 15) is 9.18 Å². The van der Waals surface area contributed by atoms with E-state index in [4.69, 9.17) is 4.74 Å². The molecule has 1 amide bonds. The zero-order valence-electron chi connectivity index (χ0n) is 9.92. The van der Waals surface area contributed by atoms with Gasteiger partial charge in [-0.25, -0.2) is 4.39 Å². The Morgan fingerprint density at radius 3 is 2.94 bits per heavy atom. The van der Waals surface area contributed by atoms with Crippen molar-refractivity contribution >= 4 is 17.3 Å². The fourth-order valence-corrected chi connectivity index (χ4v) is 1.96. The molecule has 4 nitrogen and oxygen atoms in total. The Balaban J connectivity index is 2.51. The number of carbonyl (C=O) groups excluding carboxylic acids is 1. The number of carbonyl (C=O) groups is 1. The summed E-state index contributed by atoms with van der Waals surface area (Å²) < 4.78 is 18.5. The third kappa shape index (κ3) is 2.18. The second-order valence-corrected chi connectivity index (χ2v) is 3.88. The van der Waals surface area contributed by atoms with Gasteiger partial charge in [-0.3, -0.25) is 4.79 Å². The minimum absolute atomic E-state index is 0.0910. The van der Waals surface area contributed by atoms with Crippen LogP contribution in [0.4, 0.5) is 15.8 Å². The number of anilines is 2. The number of hydrogen-bond acceptors (Lipinski definition) is 3. The lowest BCUT2D eigenvalue weighted by molar-refractivity contribution is -0.115. The third-order valence-electron chi connectivity index (χ3n) is 2.88. The van der Waals surface area contributed by atoms with Gasteiger partial charge in [-0.15, -0.1) is 0 Å². The van der Waals surface area contributed by atoms with Crippen molar-refractivity contribution in [3.05, 3.63) is 17.9 Å². The lowest BCUT2D eigenvalue weighted by atomic mass is 10.2. The van der Waals surface area contributed by atoms with Crippen LogP contribution >= 0.6 is 0 Å². The number of amides is 1. The van der Waals surface area contributed by atoms with Gasteiger partial charge in [0.1, 0.15) is 0 Å². The minimum atomic E-state index is -0.468. The van der Waals surface area contributed by atoms with Gasteiger partial charge >= 0.3 is 0 Å². The molecule has 0 radical (unpaired) electrons. The fraction of sp³-hybridized carbons (Fsp3) is 0.417. The van der Waals surface area contributed by atoms with E-state index in [0.29, 0.717) is 18.7 Å². The molecule has 0 spiro atoms. The SMILES string of the molecule is CCN1CCC(=O)Nc2cc(F)c(OC)cc21. The average molecular weight is 238 g/mol. The molecule has 2 rings (SSSR count). The molecule has 1 aromatic rings. The summed E-state index contributed by atoms with van der Waals surface area (Å²) in [6.45, 7) is 3.39. The van der Waals surface area contributed by atoms with Gasteiger partial charge in [0.15, 0.2) is 11.6 Å². The quantitative estimate of drug-likeness (QED) is 0.856. The highest BCUT2D eigenvalue weighted by molar-refractivity contribution is 5.96. The summed E-state index contributed by atoms with van der Waals surface area (Å²) in [5.74, 6) is -0.366. The van der Waals surface area contributed by atoms with Gasteiger partial charge in [0.25, 0.3) is 0 Å². The Morgan fingerprint density at radius 1 is 1.53 bits per heavy atom. The Kier molecular flexibility index (Phi) is 3.17. The molecule has 5 heteroatoms. The van der Waals surface area contributed by atoms with E-state index in [0.717, 1.165) is 12.2 Å². The Bertz CT molecular complexity index is 448. The van der Waals surface area contributed by atoms with E-state index in [-0.39, 0.29) is 11.7 Å². The van der Waals surface area contributed by atoms with Gasteiger partial charge in [-0.05, 0) is 6.92 Å². The monoisotopic (exact) mass is 238 g/mol. The number of ether oxygens (including phenoxy) is 1. The molecule has 1 aliphatic rings. The number of benzene rings is 1. The molecule has 1 aliphatic heterocycles. The van der Waals surface area contributed by atoms with Crippen molar-refractivity contribution in [1.29, 1.82) is 0 Å². The standard InChI is InChI=1S/C12H15FN2O2/c1-3-15-5-4-12(16)14-9-6-8(13)11(17-2)7-10(9)15/h6-7H,3-5H2,1-2H3,(H,14,16). The highest BCUT2D eigenvalue weighted by Crippen LogP contribution is 2.34. The Labute approximate surface area is 99.4 Å². The minimum Gasteiger partial charge on any atom is -0.494 e. The molecular formula is C12H15FN2O2. The van der Waals surface area contributed by atoms with E-state index < -0.39 is 5.82 Å². The number of nitrogens with zero attached hydrogens (tertiary/aromatic N) is 1. The highest BCUT2D eigenvalue weighted by Gasteiger charge is 2.20. The number of hydrogen-bond donors (Lipinski definition) is 1. The fourth-order valence-electron chi connectivity index (χ4n) is 1.96. The second-order valence-electron chi connectivity index (χ2n) is 3.88. The second kappa shape index (κ2) is 4.61. The summed E-state index contributed by atoms with van der Waals surface area (Å²) >= 11 is 0. The van der Waals surface area contributed by atoms with E-state index in [1.165, 1.54) is 13.2 Å². The maximum atomic E-state index is 13.6. The van der Waals surface area contributed by atoms with Crippen LogP contribution in [0.1, 0.15) is 13.3 Å². The molecule has 1 heterocycles. The van der Waals surface area contributed by atoms with Crippen LogP contribution < -0.4 is 15.0 Å². The van der Waals surface area contributed by atoms with E-state index in [2.05, 4.69) is 5.32 Å². The predicted molar refractivity (Wildman–Crippen MR) is 64.1 cm³/mol. The maximum Gasteiger partial charge on any atom is 0.226 e. The van der Waals surface area contributed by atoms with Crippen LogP contribution in [0.15, 0.2) is 12.1 Å². The number of fused-ring (bicyclic) bond motifs is 1. The number of rotatable bonds is 2. The van der Waals surface area contributed by atoms with E-state index in [1.54, 1.807) is 6.07 Å². The number of methoxy groups -OCH3 is 1. The van der Waals surface area contributed by atoms with Gasteiger partial charge in [-0.1, -0.05) is 0 Å². The van der Waals surface area contributed by atoms with Crippen molar-refractivity contribution < 1.29 is 13.9 Å². The summed E-state index contributed by atoms with van der Waals surface area (Å²) in [6, 6.07) is 2.93. The molecule has 1 aromatic carbocycles. The van der Waals surface area contributed by atoms with Gasteiger partial charge < -0.3 is 15.0 Å². The van der Waals surface area contributed by atoms with Crippen molar-refractivity contribution in [3.63, 3.8) is 0 Å². The number of nitrogens with one attached hydrogen (secondary N) is 1. The number of halogens is 1. The molecule has 0 saturated carbocycles. The van der Waals surface area contributed by atoms with Crippen molar-refractivity contribution in [2.45, 2.75) is 13.3 Å². The van der Waals surface area contributed by atoms with Gasteiger partial charge in [0.2, 0.25) is 5.91 Å². The Morgan fingerprint density at radius 2 is 2.29 bits per heavy atom. The lowest BCUT2D eigenvalue weighted by Crippen LogP contribution is -2.23. The molecule has 92 valence electrons. The normalized spacial score (nSPS) is 15.0. The molecule has 0 bridgehead atoms. The average Bonchev–Trinajstić information content (AvgIpc) is 2.46. The molecule has 0 saturated heterocycles. The van der Waals surface area contributed by atoms with Crippen LogP contribution in [0.2, 0.25) is 0 Å². The summed E-state index contributed by atoms with van der Waals surface area (Å²) in [5.41, 5.74) is 1.31. The van der Waals surface area contributed by atoms with Crippen LogP contribution in [0.3, 0.4) is 0 Å². The zero-order valence-corrected chi connectivity index (χ0v) is 9.92. The summed E-state index contributed by atoms with van der Waals surface area (Å²) in [4.78, 5) is 13.5.